The van der Waals surface area contributed by atoms with E-state index in [0.717, 1.165) is 28.9 Å². The maximum absolute atomic E-state index is 4.47. The molecule has 0 saturated carbocycles. The number of rotatable bonds is 2. The number of anilines is 1. The van der Waals surface area contributed by atoms with Crippen molar-refractivity contribution in [1.29, 1.82) is 0 Å². The van der Waals surface area contributed by atoms with E-state index < -0.39 is 0 Å². The van der Waals surface area contributed by atoms with Gasteiger partial charge in [-0.05, 0) is 12.8 Å². The zero-order valence-electron chi connectivity index (χ0n) is 10.1. The zero-order valence-corrected chi connectivity index (χ0v) is 11.7. The van der Waals surface area contributed by atoms with Gasteiger partial charge in [-0.25, -0.2) is 15.0 Å². The van der Waals surface area contributed by atoms with Gasteiger partial charge in [0.25, 0.3) is 0 Å². The molecular formula is C12H16BrN5. The van der Waals surface area contributed by atoms with E-state index in [1.807, 2.05) is 0 Å². The highest BCUT2D eigenvalue weighted by atomic mass is 79.9. The number of hydrogen-bond donors (Lipinski definition) is 1. The summed E-state index contributed by atoms with van der Waals surface area (Å²) in [6.45, 7) is 1.06. The molecular weight excluding hydrogens is 294 g/mol. The van der Waals surface area contributed by atoms with Crippen LogP contribution in [0.3, 0.4) is 0 Å². The fourth-order valence-corrected chi connectivity index (χ4v) is 3.26. The molecule has 1 aliphatic rings. The summed E-state index contributed by atoms with van der Waals surface area (Å²) in [7, 11) is 0. The van der Waals surface area contributed by atoms with E-state index in [1.54, 1.807) is 12.7 Å². The first kappa shape index (κ1) is 11.9. The minimum absolute atomic E-state index is 0.508. The number of fused-ring (bicyclic) bond motifs is 1. The number of nitrogens with one attached hydrogen (secondary N) is 1. The van der Waals surface area contributed by atoms with Crippen molar-refractivity contribution in [2.45, 2.75) is 31.7 Å². The van der Waals surface area contributed by atoms with Crippen LogP contribution in [-0.4, -0.2) is 37.9 Å². The highest BCUT2D eigenvalue weighted by molar-refractivity contribution is 9.09. The first-order valence-electron chi connectivity index (χ1n) is 6.37. The van der Waals surface area contributed by atoms with Crippen molar-refractivity contribution < 1.29 is 0 Å². The average Bonchev–Trinajstić information content (AvgIpc) is 2.76. The van der Waals surface area contributed by atoms with Gasteiger partial charge in [-0.3, -0.25) is 0 Å². The van der Waals surface area contributed by atoms with E-state index in [2.05, 4.69) is 40.8 Å². The maximum Gasteiger partial charge on any atom is 0.182 e. The second kappa shape index (κ2) is 5.22. The Labute approximate surface area is 114 Å². The van der Waals surface area contributed by atoms with Gasteiger partial charge in [0.2, 0.25) is 0 Å². The van der Waals surface area contributed by atoms with Crippen LogP contribution < -0.4 is 4.90 Å². The molecule has 1 saturated heterocycles. The number of nitrogens with zero attached hydrogens (tertiary/aromatic N) is 4. The van der Waals surface area contributed by atoms with Gasteiger partial charge >= 0.3 is 0 Å². The molecule has 2 aromatic rings. The van der Waals surface area contributed by atoms with Gasteiger partial charge in [0.05, 0.1) is 6.33 Å². The lowest BCUT2D eigenvalue weighted by molar-refractivity contribution is 0.622. The van der Waals surface area contributed by atoms with Crippen molar-refractivity contribution in [2.75, 3.05) is 16.8 Å². The van der Waals surface area contributed by atoms with Crippen LogP contribution in [0.1, 0.15) is 25.7 Å². The normalized spacial score (nSPS) is 21.2. The minimum Gasteiger partial charge on any atom is -0.351 e. The van der Waals surface area contributed by atoms with Crippen molar-refractivity contribution in [1.82, 2.24) is 19.9 Å². The van der Waals surface area contributed by atoms with Crippen LogP contribution in [0.2, 0.25) is 0 Å². The molecule has 18 heavy (non-hydrogen) atoms. The molecule has 3 rings (SSSR count). The molecule has 0 radical (unpaired) electrons. The van der Waals surface area contributed by atoms with Crippen LogP contribution in [0.15, 0.2) is 12.7 Å². The van der Waals surface area contributed by atoms with Crippen LogP contribution in [0.5, 0.6) is 0 Å². The number of hydrogen-bond acceptors (Lipinski definition) is 4. The predicted octanol–water partition coefficient (Wildman–Crippen LogP) is 2.50. The van der Waals surface area contributed by atoms with Crippen molar-refractivity contribution in [3.05, 3.63) is 12.7 Å². The van der Waals surface area contributed by atoms with Gasteiger partial charge in [0.1, 0.15) is 11.8 Å². The van der Waals surface area contributed by atoms with E-state index in [4.69, 9.17) is 0 Å². The molecule has 0 aliphatic carbocycles. The van der Waals surface area contributed by atoms with Gasteiger partial charge in [0.15, 0.2) is 11.5 Å². The average molecular weight is 310 g/mol. The lowest BCUT2D eigenvalue weighted by Crippen LogP contribution is -2.36. The van der Waals surface area contributed by atoms with E-state index >= 15 is 0 Å². The third-order valence-electron chi connectivity index (χ3n) is 3.53. The summed E-state index contributed by atoms with van der Waals surface area (Å²) in [6.07, 6.45) is 8.33. The largest absolute Gasteiger partial charge is 0.351 e. The van der Waals surface area contributed by atoms with Gasteiger partial charge in [-0.15, -0.1) is 0 Å². The number of alkyl halides is 1. The minimum atomic E-state index is 0.508. The number of aromatic nitrogens is 4. The number of aromatic amines is 1. The van der Waals surface area contributed by atoms with Crippen LogP contribution >= 0.6 is 15.9 Å². The lowest BCUT2D eigenvalue weighted by Gasteiger charge is -2.29. The summed E-state index contributed by atoms with van der Waals surface area (Å²) in [6, 6.07) is 0.508. The standard InChI is InChI=1S/C12H16BrN5/c13-6-9-4-2-1-3-5-18(9)12-10-11(15-7-14-10)16-8-17-12/h7-9H,1-6H2,(H,14,15,16,17). The summed E-state index contributed by atoms with van der Waals surface area (Å²) in [4.78, 5) is 18.4. The van der Waals surface area contributed by atoms with Gasteiger partial charge in [0, 0.05) is 17.9 Å². The zero-order chi connectivity index (χ0) is 12.4. The highest BCUT2D eigenvalue weighted by Gasteiger charge is 2.23. The molecule has 1 aliphatic heterocycles. The van der Waals surface area contributed by atoms with E-state index in [0.29, 0.717) is 6.04 Å². The molecule has 1 fully saturated rings. The highest BCUT2D eigenvalue weighted by Crippen LogP contribution is 2.27. The molecule has 6 heteroatoms. The first-order chi connectivity index (χ1) is 8.90. The van der Waals surface area contributed by atoms with Crippen molar-refractivity contribution in [3.8, 4) is 0 Å². The molecule has 0 spiro atoms. The smallest absolute Gasteiger partial charge is 0.182 e. The maximum atomic E-state index is 4.47. The molecule has 2 aromatic heterocycles. The van der Waals surface area contributed by atoms with E-state index in [9.17, 15) is 0 Å². The molecule has 1 atom stereocenters. The summed E-state index contributed by atoms with van der Waals surface area (Å²) >= 11 is 3.63. The van der Waals surface area contributed by atoms with Crippen LogP contribution in [0.25, 0.3) is 11.2 Å². The Morgan fingerprint density at radius 2 is 2.22 bits per heavy atom. The topological polar surface area (TPSA) is 57.7 Å². The van der Waals surface area contributed by atoms with E-state index in [-0.39, 0.29) is 0 Å². The third kappa shape index (κ3) is 2.09. The number of imidazole rings is 1. The number of halogens is 1. The molecule has 96 valence electrons. The second-order valence-electron chi connectivity index (χ2n) is 4.65. The Kier molecular flexibility index (Phi) is 3.45. The predicted molar refractivity (Wildman–Crippen MR) is 75.1 cm³/mol. The van der Waals surface area contributed by atoms with E-state index in [1.165, 1.54) is 25.7 Å². The fourth-order valence-electron chi connectivity index (χ4n) is 2.59. The van der Waals surface area contributed by atoms with Gasteiger partial charge in [-0.1, -0.05) is 28.8 Å². The Morgan fingerprint density at radius 3 is 3.11 bits per heavy atom. The summed E-state index contributed by atoms with van der Waals surface area (Å²) in [5.74, 6) is 0.990. The lowest BCUT2D eigenvalue weighted by atomic mass is 10.1. The summed E-state index contributed by atoms with van der Waals surface area (Å²) in [5, 5.41) is 0.979. The first-order valence-corrected chi connectivity index (χ1v) is 7.49. The van der Waals surface area contributed by atoms with Gasteiger partial charge in [-0.2, -0.15) is 0 Å². The fraction of sp³-hybridized carbons (Fsp3) is 0.583. The molecule has 0 bridgehead atoms. The quantitative estimate of drug-likeness (QED) is 0.866. The Hall–Kier alpha value is -1.17. The molecule has 0 aromatic carbocycles. The van der Waals surface area contributed by atoms with Crippen LogP contribution in [-0.2, 0) is 0 Å². The van der Waals surface area contributed by atoms with Crippen molar-refractivity contribution in [3.63, 3.8) is 0 Å². The summed E-state index contributed by atoms with van der Waals surface area (Å²) in [5.41, 5.74) is 1.70. The van der Waals surface area contributed by atoms with Gasteiger partial charge < -0.3 is 9.88 Å². The SMILES string of the molecule is BrCC1CCCCCN1c1ncnc2nc[nH]c12. The molecule has 0 amide bonds. The second-order valence-corrected chi connectivity index (χ2v) is 5.30. The number of H-pyrrole nitrogens is 1. The van der Waals surface area contributed by atoms with Crippen molar-refractivity contribution >= 4 is 32.9 Å². The Morgan fingerprint density at radius 1 is 1.28 bits per heavy atom. The monoisotopic (exact) mass is 309 g/mol. The summed E-state index contributed by atoms with van der Waals surface area (Å²) < 4.78 is 0. The van der Waals surface area contributed by atoms with Crippen LogP contribution in [0.4, 0.5) is 5.82 Å². The molecule has 1 unspecified atom stereocenters. The Balaban J connectivity index is 2.02. The molecule has 3 heterocycles. The third-order valence-corrected chi connectivity index (χ3v) is 4.28. The molecule has 1 N–H and O–H groups in total. The molecule has 5 nitrogen and oxygen atoms in total. The van der Waals surface area contributed by atoms with Crippen molar-refractivity contribution in [2.24, 2.45) is 0 Å². The van der Waals surface area contributed by atoms with Crippen LogP contribution in [0, 0.1) is 0 Å². The Bertz CT molecular complexity index is 526.